The Labute approximate surface area is 119 Å². The lowest BCUT2D eigenvalue weighted by Crippen LogP contribution is -2.17. The lowest BCUT2D eigenvalue weighted by atomic mass is 10.1. The largest absolute Gasteiger partial charge is 0.380 e. The van der Waals surface area contributed by atoms with Gasteiger partial charge in [-0.25, -0.2) is 0 Å². The first kappa shape index (κ1) is 14.3. The van der Waals surface area contributed by atoms with Crippen LogP contribution in [-0.2, 0) is 24.4 Å². The van der Waals surface area contributed by atoms with Gasteiger partial charge in [-0.1, -0.05) is 24.3 Å². The van der Waals surface area contributed by atoms with Crippen molar-refractivity contribution in [3.63, 3.8) is 0 Å². The molecule has 0 saturated carbocycles. The molecule has 1 N–H and O–H groups in total. The number of hydrogen-bond acceptors (Lipinski definition) is 3. The Hall–Kier alpha value is -2.07. The third-order valence-electron chi connectivity index (χ3n) is 3.15. The summed E-state index contributed by atoms with van der Waals surface area (Å²) < 4.78 is 6.77. The van der Waals surface area contributed by atoms with Crippen molar-refractivity contribution in [3.05, 3.63) is 64.1 Å². The molecule has 0 unspecified atom stereocenters. The number of ether oxygens (including phenoxy) is 1. The molecule has 20 heavy (non-hydrogen) atoms. The quantitative estimate of drug-likeness (QED) is 0.879. The summed E-state index contributed by atoms with van der Waals surface area (Å²) in [5.74, 6) is 0. The maximum absolute atomic E-state index is 11.5. The molecule has 0 bridgehead atoms. The number of methoxy groups -OCH3 is 1. The topological polar surface area (TPSA) is 43.3 Å². The first-order valence-corrected chi connectivity index (χ1v) is 6.74. The minimum atomic E-state index is 0.0296. The molecule has 0 saturated heterocycles. The summed E-state index contributed by atoms with van der Waals surface area (Å²) in [5.41, 5.74) is 3.34. The van der Waals surface area contributed by atoms with Gasteiger partial charge in [0.25, 0.3) is 5.56 Å². The summed E-state index contributed by atoms with van der Waals surface area (Å²) in [6.45, 7) is 4.00. The highest BCUT2D eigenvalue weighted by Crippen LogP contribution is 2.09. The second-order valence-electron chi connectivity index (χ2n) is 4.65. The van der Waals surface area contributed by atoms with Gasteiger partial charge in [0.15, 0.2) is 0 Å². The van der Waals surface area contributed by atoms with Gasteiger partial charge in [-0.2, -0.15) is 0 Å². The van der Waals surface area contributed by atoms with Crippen LogP contribution in [0.15, 0.2) is 47.4 Å². The molecule has 0 atom stereocenters. The molecule has 1 aromatic heterocycles. The normalized spacial score (nSPS) is 10.5. The van der Waals surface area contributed by atoms with E-state index < -0.39 is 0 Å². The van der Waals surface area contributed by atoms with Crippen LogP contribution in [0.25, 0.3) is 0 Å². The van der Waals surface area contributed by atoms with E-state index in [0.717, 1.165) is 17.8 Å². The molecule has 2 rings (SSSR count). The number of benzene rings is 1. The van der Waals surface area contributed by atoms with Crippen molar-refractivity contribution in [1.29, 1.82) is 0 Å². The van der Waals surface area contributed by atoms with Gasteiger partial charge in [0, 0.05) is 32.5 Å². The number of aromatic nitrogens is 1. The summed E-state index contributed by atoms with van der Waals surface area (Å²) >= 11 is 0. The zero-order valence-electron chi connectivity index (χ0n) is 11.9. The first-order valence-electron chi connectivity index (χ1n) is 6.74. The molecule has 1 aromatic carbocycles. The maximum atomic E-state index is 11.5. The Bertz CT molecular complexity index is 603. The van der Waals surface area contributed by atoms with Gasteiger partial charge in [0.1, 0.15) is 0 Å². The number of aryl methyl sites for hydroxylation is 1. The first-order chi connectivity index (χ1) is 9.72. The Morgan fingerprint density at radius 2 is 1.80 bits per heavy atom. The lowest BCUT2D eigenvalue weighted by molar-refractivity contribution is 0.185. The van der Waals surface area contributed by atoms with Crippen LogP contribution in [0.3, 0.4) is 0 Å². The standard InChI is InChI=1S/C16H20N2O2/c1-3-18-11-15(8-9-16(18)19)17-10-13-4-6-14(7-5-13)12-20-2/h4-9,11,17H,3,10,12H2,1-2H3. The van der Waals surface area contributed by atoms with E-state index in [1.165, 1.54) is 5.56 Å². The maximum Gasteiger partial charge on any atom is 0.250 e. The van der Waals surface area contributed by atoms with Gasteiger partial charge >= 0.3 is 0 Å². The van der Waals surface area contributed by atoms with Gasteiger partial charge in [-0.3, -0.25) is 4.79 Å². The molecule has 4 nitrogen and oxygen atoms in total. The summed E-state index contributed by atoms with van der Waals surface area (Å²) in [6, 6.07) is 11.7. The van der Waals surface area contributed by atoms with Crippen LogP contribution < -0.4 is 10.9 Å². The fourth-order valence-electron chi connectivity index (χ4n) is 2.01. The summed E-state index contributed by atoms with van der Waals surface area (Å²) in [7, 11) is 1.69. The molecule has 2 aromatic rings. The van der Waals surface area contributed by atoms with Gasteiger partial charge in [0.05, 0.1) is 12.3 Å². The molecule has 0 spiro atoms. The van der Waals surface area contributed by atoms with E-state index in [1.54, 1.807) is 17.7 Å². The van der Waals surface area contributed by atoms with Crippen molar-refractivity contribution >= 4 is 5.69 Å². The Balaban J connectivity index is 1.99. The zero-order valence-corrected chi connectivity index (χ0v) is 11.9. The number of rotatable bonds is 6. The minimum absolute atomic E-state index is 0.0296. The third kappa shape index (κ3) is 3.71. The van der Waals surface area contributed by atoms with Crippen molar-refractivity contribution in [3.8, 4) is 0 Å². The van der Waals surface area contributed by atoms with Crippen LogP contribution in [-0.4, -0.2) is 11.7 Å². The van der Waals surface area contributed by atoms with E-state index >= 15 is 0 Å². The Morgan fingerprint density at radius 1 is 1.10 bits per heavy atom. The van der Waals surface area contributed by atoms with Crippen LogP contribution in [0, 0.1) is 0 Å². The van der Waals surface area contributed by atoms with E-state index in [4.69, 9.17) is 4.74 Å². The molecule has 0 aliphatic rings. The molecule has 0 aliphatic carbocycles. The molecule has 0 radical (unpaired) electrons. The van der Waals surface area contributed by atoms with E-state index in [0.29, 0.717) is 13.2 Å². The van der Waals surface area contributed by atoms with E-state index in [2.05, 4.69) is 29.6 Å². The lowest BCUT2D eigenvalue weighted by Gasteiger charge is -2.09. The van der Waals surface area contributed by atoms with Crippen molar-refractivity contribution in [1.82, 2.24) is 4.57 Å². The van der Waals surface area contributed by atoms with E-state index in [1.807, 2.05) is 19.2 Å². The monoisotopic (exact) mass is 272 g/mol. The number of nitrogens with zero attached hydrogens (tertiary/aromatic N) is 1. The molecule has 1 heterocycles. The highest BCUT2D eigenvalue weighted by Gasteiger charge is 1.98. The average Bonchev–Trinajstić information content (AvgIpc) is 2.48. The van der Waals surface area contributed by atoms with Crippen LogP contribution in [0.2, 0.25) is 0 Å². The second-order valence-corrected chi connectivity index (χ2v) is 4.65. The zero-order chi connectivity index (χ0) is 14.4. The number of hydrogen-bond donors (Lipinski definition) is 1. The van der Waals surface area contributed by atoms with Crippen LogP contribution in [0.4, 0.5) is 5.69 Å². The van der Waals surface area contributed by atoms with Gasteiger partial charge in [0.2, 0.25) is 0 Å². The molecular weight excluding hydrogens is 252 g/mol. The highest BCUT2D eigenvalue weighted by atomic mass is 16.5. The van der Waals surface area contributed by atoms with E-state index in [9.17, 15) is 4.79 Å². The Morgan fingerprint density at radius 3 is 2.45 bits per heavy atom. The van der Waals surface area contributed by atoms with Crippen molar-refractivity contribution in [2.24, 2.45) is 0 Å². The smallest absolute Gasteiger partial charge is 0.250 e. The summed E-state index contributed by atoms with van der Waals surface area (Å²) in [6.07, 6.45) is 1.85. The van der Waals surface area contributed by atoms with Crippen LogP contribution in [0.1, 0.15) is 18.1 Å². The SMILES string of the molecule is CCn1cc(NCc2ccc(COC)cc2)ccc1=O. The minimum Gasteiger partial charge on any atom is -0.380 e. The molecular formula is C16H20N2O2. The molecule has 0 amide bonds. The number of pyridine rings is 1. The van der Waals surface area contributed by atoms with E-state index in [-0.39, 0.29) is 5.56 Å². The molecule has 0 aliphatic heterocycles. The number of anilines is 1. The fraction of sp³-hybridized carbons (Fsp3) is 0.312. The highest BCUT2D eigenvalue weighted by molar-refractivity contribution is 5.41. The molecule has 0 fully saturated rings. The van der Waals surface area contributed by atoms with Gasteiger partial charge in [-0.05, 0) is 24.1 Å². The van der Waals surface area contributed by atoms with Crippen LogP contribution >= 0.6 is 0 Å². The summed E-state index contributed by atoms with van der Waals surface area (Å²) in [5, 5.41) is 3.32. The average molecular weight is 272 g/mol. The van der Waals surface area contributed by atoms with Gasteiger partial charge in [-0.15, -0.1) is 0 Å². The summed E-state index contributed by atoms with van der Waals surface area (Å²) in [4.78, 5) is 11.5. The van der Waals surface area contributed by atoms with Crippen molar-refractivity contribution < 1.29 is 4.74 Å². The predicted molar refractivity (Wildman–Crippen MR) is 80.9 cm³/mol. The van der Waals surface area contributed by atoms with Crippen LogP contribution in [0.5, 0.6) is 0 Å². The molecule has 4 heteroatoms. The van der Waals surface area contributed by atoms with Crippen molar-refractivity contribution in [2.45, 2.75) is 26.6 Å². The fourth-order valence-corrected chi connectivity index (χ4v) is 2.01. The molecule has 106 valence electrons. The predicted octanol–water partition coefficient (Wildman–Crippen LogP) is 2.63. The second kappa shape index (κ2) is 6.91. The third-order valence-corrected chi connectivity index (χ3v) is 3.15. The Kier molecular flexibility index (Phi) is 4.96. The van der Waals surface area contributed by atoms with Crippen molar-refractivity contribution in [2.75, 3.05) is 12.4 Å². The number of nitrogens with one attached hydrogen (secondary N) is 1. The van der Waals surface area contributed by atoms with Gasteiger partial charge < -0.3 is 14.6 Å².